The zero-order valence-electron chi connectivity index (χ0n) is 9.60. The number of carbonyl (C=O) groups excluding carboxylic acids is 2. The molecule has 0 rings (SSSR count). The maximum absolute atomic E-state index is 11.8. The number of unbranched alkanes of at least 4 members (excludes halogenated alkanes) is 3. The Labute approximate surface area is 103 Å². The topological polar surface area (TPSA) is 46.2 Å². The highest BCUT2D eigenvalue weighted by atomic mass is 32.2. The fourth-order valence-electron chi connectivity index (χ4n) is 1.10. The largest absolute Gasteiger partial charge is 0.471 e. The van der Waals surface area contributed by atoms with E-state index in [2.05, 4.69) is 0 Å². The minimum Gasteiger partial charge on any atom is -0.348 e. The van der Waals surface area contributed by atoms with Gasteiger partial charge in [0.05, 0.1) is 0 Å². The van der Waals surface area contributed by atoms with Crippen molar-refractivity contribution < 1.29 is 22.8 Å². The molecule has 0 heterocycles. The van der Waals surface area contributed by atoms with Gasteiger partial charge in [0.25, 0.3) is 0 Å². The molecule has 0 saturated heterocycles. The first kappa shape index (κ1) is 16.3. The molecule has 0 fully saturated rings. The molecule has 0 aliphatic rings. The Morgan fingerprint density at radius 3 is 2.24 bits per heavy atom. The summed E-state index contributed by atoms with van der Waals surface area (Å²) in [5.74, 6) is -1.14. The van der Waals surface area contributed by atoms with Gasteiger partial charge in [0, 0.05) is 19.2 Å². The van der Waals surface area contributed by atoms with Crippen LogP contribution in [0.2, 0.25) is 0 Å². The third kappa shape index (κ3) is 10.2. The Kier molecular flexibility index (Phi) is 8.03. The minimum atomic E-state index is -4.79. The van der Waals surface area contributed by atoms with Gasteiger partial charge >= 0.3 is 12.1 Å². The summed E-state index contributed by atoms with van der Waals surface area (Å²) in [4.78, 5) is 21.0. The van der Waals surface area contributed by atoms with E-state index in [1.165, 1.54) is 18.7 Å². The van der Waals surface area contributed by atoms with Crippen LogP contribution in [0, 0.1) is 0 Å². The number of carbonyl (C=O) groups is 2. The van der Waals surface area contributed by atoms with E-state index in [9.17, 15) is 22.8 Å². The molecule has 0 atom stereocenters. The van der Waals surface area contributed by atoms with E-state index in [0.29, 0.717) is 6.42 Å². The summed E-state index contributed by atoms with van der Waals surface area (Å²) in [5.41, 5.74) is 0. The zero-order valence-corrected chi connectivity index (χ0v) is 10.4. The number of halogens is 3. The van der Waals surface area contributed by atoms with Crippen molar-refractivity contribution in [3.63, 3.8) is 0 Å². The molecule has 0 saturated carbocycles. The average Bonchev–Trinajstić information content (AvgIpc) is 2.19. The molecule has 0 aromatic carbocycles. The second kappa shape index (κ2) is 8.38. The van der Waals surface area contributed by atoms with E-state index in [1.54, 1.807) is 0 Å². The van der Waals surface area contributed by atoms with Crippen LogP contribution in [0.3, 0.4) is 0 Å². The summed E-state index contributed by atoms with van der Waals surface area (Å²) in [6.07, 6.45) is -1.82. The van der Waals surface area contributed by atoms with Crippen LogP contribution in [0.4, 0.5) is 13.2 Å². The van der Waals surface area contributed by atoms with Crippen molar-refractivity contribution in [1.29, 1.82) is 0 Å². The summed E-state index contributed by atoms with van der Waals surface area (Å²) < 4.78 is 35.3. The van der Waals surface area contributed by atoms with E-state index in [1.807, 2.05) is 5.32 Å². The molecule has 0 aromatic heterocycles. The van der Waals surface area contributed by atoms with E-state index in [0.717, 1.165) is 25.0 Å². The van der Waals surface area contributed by atoms with Crippen LogP contribution < -0.4 is 5.32 Å². The molecular weight excluding hydrogens is 255 g/mol. The number of hydrogen-bond donors (Lipinski definition) is 1. The minimum absolute atomic E-state index is 0.0399. The van der Waals surface area contributed by atoms with Crippen LogP contribution in [-0.4, -0.2) is 29.5 Å². The van der Waals surface area contributed by atoms with Gasteiger partial charge in [0.1, 0.15) is 0 Å². The van der Waals surface area contributed by atoms with Gasteiger partial charge in [-0.15, -0.1) is 0 Å². The summed E-state index contributed by atoms with van der Waals surface area (Å²) in [6.45, 7) is 1.54. The lowest BCUT2D eigenvalue weighted by molar-refractivity contribution is -0.173. The SMILES string of the molecule is CC(=O)SCCCCCCNC(=O)C(F)(F)F. The first-order valence-electron chi connectivity index (χ1n) is 5.32. The normalized spacial score (nSPS) is 11.3. The van der Waals surface area contributed by atoms with Gasteiger partial charge in [-0.25, -0.2) is 0 Å². The quantitative estimate of drug-likeness (QED) is 0.724. The number of alkyl halides is 3. The fourth-order valence-corrected chi connectivity index (χ4v) is 1.73. The highest BCUT2D eigenvalue weighted by Gasteiger charge is 2.38. The first-order chi connectivity index (χ1) is 7.84. The number of nitrogens with one attached hydrogen (secondary N) is 1. The molecule has 17 heavy (non-hydrogen) atoms. The van der Waals surface area contributed by atoms with Gasteiger partial charge in [0.15, 0.2) is 5.12 Å². The molecule has 7 heteroatoms. The third-order valence-electron chi connectivity index (χ3n) is 1.92. The molecule has 0 aromatic rings. The maximum Gasteiger partial charge on any atom is 0.471 e. The molecule has 1 N–H and O–H groups in total. The van der Waals surface area contributed by atoms with Crippen LogP contribution in [0.5, 0.6) is 0 Å². The van der Waals surface area contributed by atoms with Crippen LogP contribution in [-0.2, 0) is 9.59 Å². The van der Waals surface area contributed by atoms with Crippen LogP contribution in [0.15, 0.2) is 0 Å². The molecular formula is C10H16F3NO2S. The number of hydrogen-bond acceptors (Lipinski definition) is 3. The van der Waals surface area contributed by atoms with Crippen LogP contribution in [0.1, 0.15) is 32.6 Å². The lowest BCUT2D eigenvalue weighted by Crippen LogP contribution is -2.37. The van der Waals surface area contributed by atoms with Gasteiger partial charge < -0.3 is 5.32 Å². The number of amides is 1. The van der Waals surface area contributed by atoms with Gasteiger partial charge in [0.2, 0.25) is 0 Å². The molecule has 0 radical (unpaired) electrons. The van der Waals surface area contributed by atoms with E-state index < -0.39 is 12.1 Å². The average molecular weight is 271 g/mol. The second-order valence-corrected chi connectivity index (χ2v) is 4.78. The monoisotopic (exact) mass is 271 g/mol. The van der Waals surface area contributed by atoms with Crippen molar-refractivity contribution in [2.24, 2.45) is 0 Å². The summed E-state index contributed by atoms with van der Waals surface area (Å²) >= 11 is 1.25. The van der Waals surface area contributed by atoms with Crippen molar-refractivity contribution in [3.8, 4) is 0 Å². The standard InChI is InChI=1S/C10H16F3NO2S/c1-8(15)17-7-5-3-2-4-6-14-9(16)10(11,12)13/h2-7H2,1H3,(H,14,16). The van der Waals surface area contributed by atoms with Gasteiger partial charge in [-0.1, -0.05) is 24.6 Å². The van der Waals surface area contributed by atoms with E-state index in [4.69, 9.17) is 0 Å². The van der Waals surface area contributed by atoms with Crippen molar-refractivity contribution in [2.45, 2.75) is 38.8 Å². The molecule has 0 unspecified atom stereocenters. The lowest BCUT2D eigenvalue weighted by atomic mass is 10.2. The van der Waals surface area contributed by atoms with Crippen molar-refractivity contribution in [1.82, 2.24) is 5.32 Å². The van der Waals surface area contributed by atoms with Gasteiger partial charge in [-0.3, -0.25) is 9.59 Å². The van der Waals surface area contributed by atoms with Crippen molar-refractivity contribution in [3.05, 3.63) is 0 Å². The fraction of sp³-hybridized carbons (Fsp3) is 0.800. The molecule has 0 spiro atoms. The maximum atomic E-state index is 11.8. The second-order valence-electron chi connectivity index (χ2n) is 3.51. The Balaban J connectivity index is 3.30. The predicted octanol–water partition coefficient (Wildman–Crippen LogP) is 2.50. The highest BCUT2D eigenvalue weighted by Crippen LogP contribution is 2.14. The Hall–Kier alpha value is -0.720. The predicted molar refractivity (Wildman–Crippen MR) is 60.7 cm³/mol. The van der Waals surface area contributed by atoms with E-state index >= 15 is 0 Å². The van der Waals surface area contributed by atoms with Crippen molar-refractivity contribution >= 4 is 22.8 Å². The Morgan fingerprint density at radius 2 is 1.71 bits per heavy atom. The zero-order chi connectivity index (χ0) is 13.3. The lowest BCUT2D eigenvalue weighted by Gasteiger charge is -2.07. The van der Waals surface area contributed by atoms with Crippen molar-refractivity contribution in [2.75, 3.05) is 12.3 Å². The number of rotatable bonds is 7. The molecule has 0 aliphatic heterocycles. The van der Waals surface area contributed by atoms with Crippen LogP contribution >= 0.6 is 11.8 Å². The van der Waals surface area contributed by atoms with E-state index in [-0.39, 0.29) is 11.7 Å². The van der Waals surface area contributed by atoms with Crippen LogP contribution in [0.25, 0.3) is 0 Å². The molecule has 3 nitrogen and oxygen atoms in total. The van der Waals surface area contributed by atoms with Gasteiger partial charge in [-0.2, -0.15) is 13.2 Å². The number of thioether (sulfide) groups is 1. The Bertz CT molecular complexity index is 256. The summed E-state index contributed by atoms with van der Waals surface area (Å²) in [7, 11) is 0. The summed E-state index contributed by atoms with van der Waals surface area (Å²) in [6, 6.07) is 0. The molecule has 1 amide bonds. The van der Waals surface area contributed by atoms with Gasteiger partial charge in [-0.05, 0) is 12.8 Å². The smallest absolute Gasteiger partial charge is 0.348 e. The summed E-state index contributed by atoms with van der Waals surface area (Å²) in [5, 5.41) is 1.88. The molecule has 100 valence electrons. The Morgan fingerprint density at radius 1 is 1.12 bits per heavy atom. The molecule has 0 bridgehead atoms. The molecule has 0 aliphatic carbocycles. The highest BCUT2D eigenvalue weighted by molar-refractivity contribution is 8.13. The first-order valence-corrected chi connectivity index (χ1v) is 6.31. The third-order valence-corrected chi connectivity index (χ3v) is 2.82.